The first kappa shape index (κ1) is 26.9. The monoisotopic (exact) mass is 552 g/mol. The number of hydrogen-bond acceptors (Lipinski definition) is 6. The number of fused-ring (bicyclic) bond motifs is 7. The van der Waals surface area contributed by atoms with Crippen molar-refractivity contribution in [2.24, 2.45) is 0 Å². The molecule has 1 fully saturated rings. The average Bonchev–Trinajstić information content (AvgIpc) is 3.37. The van der Waals surface area contributed by atoms with E-state index in [0.717, 1.165) is 78.3 Å². The Hall–Kier alpha value is -4.33. The van der Waals surface area contributed by atoms with E-state index in [2.05, 4.69) is 49.1 Å². The number of rotatable bonds is 2. The number of aryl methyl sites for hydroxylation is 2. The minimum atomic E-state index is -0.886. The molecule has 8 nitrogen and oxygen atoms in total. The van der Waals surface area contributed by atoms with Crippen LogP contribution in [0.4, 0.5) is 5.82 Å². The lowest BCUT2D eigenvalue weighted by atomic mass is 9.93. The fourth-order valence-corrected chi connectivity index (χ4v) is 5.77. The van der Waals surface area contributed by atoms with Crippen molar-refractivity contribution in [2.45, 2.75) is 58.5 Å². The molecule has 0 atom stereocenters. The number of aromatic nitrogens is 3. The van der Waals surface area contributed by atoms with Crippen molar-refractivity contribution >= 4 is 17.4 Å². The SMILES string of the molecule is Cc1ccc2c(c1)-c1cccc(c1)-c1cc3nc(C)c(CC(=O)O)c(n3n1)N1CCC(C)(CC1)O/C=C\CCCO2. The maximum atomic E-state index is 11.9. The first-order valence-electron chi connectivity index (χ1n) is 14.3. The largest absolute Gasteiger partial charge is 0.495 e. The number of nitrogens with zero attached hydrogens (tertiary/aromatic N) is 4. The van der Waals surface area contributed by atoms with E-state index in [1.807, 2.05) is 42.0 Å². The summed E-state index contributed by atoms with van der Waals surface area (Å²) < 4.78 is 14.3. The van der Waals surface area contributed by atoms with Crippen molar-refractivity contribution in [3.63, 3.8) is 0 Å². The van der Waals surface area contributed by atoms with Gasteiger partial charge in [-0.3, -0.25) is 4.79 Å². The normalized spacial score (nSPS) is 17.5. The van der Waals surface area contributed by atoms with Gasteiger partial charge in [0, 0.05) is 54.4 Å². The molecule has 0 radical (unpaired) electrons. The molecule has 7 rings (SSSR count). The van der Waals surface area contributed by atoms with Crippen LogP contribution in [-0.4, -0.2) is 51.0 Å². The van der Waals surface area contributed by atoms with Crippen molar-refractivity contribution < 1.29 is 19.4 Å². The Balaban J connectivity index is 1.51. The van der Waals surface area contributed by atoms with Crippen LogP contribution >= 0.6 is 0 Å². The predicted molar refractivity (Wildman–Crippen MR) is 159 cm³/mol. The van der Waals surface area contributed by atoms with E-state index in [4.69, 9.17) is 19.6 Å². The Morgan fingerprint density at radius 3 is 2.68 bits per heavy atom. The molecule has 3 aliphatic heterocycles. The summed E-state index contributed by atoms with van der Waals surface area (Å²) in [7, 11) is 0. The molecular weight excluding hydrogens is 516 g/mol. The maximum Gasteiger partial charge on any atom is 0.308 e. The zero-order valence-corrected chi connectivity index (χ0v) is 23.9. The topological polar surface area (TPSA) is 89.2 Å². The van der Waals surface area contributed by atoms with Crippen molar-refractivity contribution in [1.29, 1.82) is 0 Å². The predicted octanol–water partition coefficient (Wildman–Crippen LogP) is 6.37. The van der Waals surface area contributed by atoms with Crippen LogP contribution in [0.25, 0.3) is 28.0 Å². The summed E-state index contributed by atoms with van der Waals surface area (Å²) in [6.07, 6.45) is 7.17. The van der Waals surface area contributed by atoms with Crippen LogP contribution in [-0.2, 0) is 16.0 Å². The van der Waals surface area contributed by atoms with Gasteiger partial charge in [0.15, 0.2) is 5.65 Å². The molecular formula is C33H36N4O4. The van der Waals surface area contributed by atoms with Gasteiger partial charge < -0.3 is 19.5 Å². The second kappa shape index (κ2) is 10.9. The van der Waals surface area contributed by atoms with Crippen molar-refractivity contribution in [3.05, 3.63) is 77.7 Å². The van der Waals surface area contributed by atoms with Crippen molar-refractivity contribution in [1.82, 2.24) is 14.6 Å². The summed E-state index contributed by atoms with van der Waals surface area (Å²) in [5.74, 6) is 0.773. The highest BCUT2D eigenvalue weighted by molar-refractivity contribution is 5.78. The summed E-state index contributed by atoms with van der Waals surface area (Å²) in [5.41, 5.74) is 6.81. The number of carboxylic acid groups (broad SMARTS) is 1. The van der Waals surface area contributed by atoms with Crippen LogP contribution in [0, 0.1) is 13.8 Å². The standard InChI is InChI=1S/C33H36N4O4/c1-22-10-11-29-27(18-22)24-8-7-9-25(19-24)28-21-30-34-23(2)26(20-31(38)39)32(37(30)35-28)36-14-12-33(3,13-15-36)41-17-6-4-5-16-40-29/h6-11,17-19,21H,4-5,12-16,20H2,1-3H3,(H,38,39)/b17-6-. The number of benzene rings is 2. The molecule has 0 saturated carbocycles. The molecule has 41 heavy (non-hydrogen) atoms. The summed E-state index contributed by atoms with van der Waals surface area (Å²) in [6.45, 7) is 8.19. The van der Waals surface area contributed by atoms with Gasteiger partial charge in [0.25, 0.3) is 0 Å². The van der Waals surface area contributed by atoms with Crippen molar-refractivity contribution in [2.75, 3.05) is 24.6 Å². The van der Waals surface area contributed by atoms with Gasteiger partial charge >= 0.3 is 5.97 Å². The molecule has 4 aromatic rings. The Kier molecular flexibility index (Phi) is 7.15. The van der Waals surface area contributed by atoms with Gasteiger partial charge in [0.1, 0.15) is 17.2 Å². The smallest absolute Gasteiger partial charge is 0.308 e. The molecule has 6 bridgehead atoms. The minimum Gasteiger partial charge on any atom is -0.495 e. The summed E-state index contributed by atoms with van der Waals surface area (Å²) in [4.78, 5) is 18.9. The highest BCUT2D eigenvalue weighted by Gasteiger charge is 2.33. The lowest BCUT2D eigenvalue weighted by Gasteiger charge is -2.40. The average molecular weight is 553 g/mol. The molecule has 8 heteroatoms. The highest BCUT2D eigenvalue weighted by atomic mass is 16.5. The number of hydrogen-bond donors (Lipinski definition) is 1. The molecule has 0 unspecified atom stereocenters. The Morgan fingerprint density at radius 1 is 1.07 bits per heavy atom. The third kappa shape index (κ3) is 5.51. The number of carbonyl (C=O) groups is 1. The van der Waals surface area contributed by atoms with Crippen LogP contribution in [0.2, 0.25) is 0 Å². The van der Waals surface area contributed by atoms with Gasteiger partial charge in [0.05, 0.1) is 25.0 Å². The molecule has 1 N–H and O–H groups in total. The van der Waals surface area contributed by atoms with Gasteiger partial charge in [-0.1, -0.05) is 29.8 Å². The highest BCUT2D eigenvalue weighted by Crippen LogP contribution is 2.36. The van der Waals surface area contributed by atoms with Gasteiger partial charge in [0.2, 0.25) is 0 Å². The van der Waals surface area contributed by atoms with E-state index in [-0.39, 0.29) is 12.0 Å². The van der Waals surface area contributed by atoms with E-state index < -0.39 is 5.97 Å². The summed E-state index contributed by atoms with van der Waals surface area (Å²) in [6, 6.07) is 16.6. The Labute approximate surface area is 240 Å². The van der Waals surface area contributed by atoms with E-state index >= 15 is 0 Å². The third-order valence-electron chi connectivity index (χ3n) is 8.15. The van der Waals surface area contributed by atoms with E-state index in [1.54, 1.807) is 0 Å². The van der Waals surface area contributed by atoms with Crippen LogP contribution in [0.3, 0.4) is 0 Å². The molecule has 3 aliphatic rings. The summed E-state index contributed by atoms with van der Waals surface area (Å²) in [5, 5.41) is 14.8. The maximum absolute atomic E-state index is 11.9. The second-order valence-electron chi connectivity index (χ2n) is 11.4. The molecule has 212 valence electrons. The number of allylic oxidation sites excluding steroid dienone is 1. The second-order valence-corrected chi connectivity index (χ2v) is 11.4. The number of anilines is 1. The fraction of sp³-hybridized carbons (Fsp3) is 0.364. The van der Waals surface area contributed by atoms with Gasteiger partial charge in [-0.25, -0.2) is 4.98 Å². The molecule has 0 spiro atoms. The zero-order chi connectivity index (χ0) is 28.6. The van der Waals surface area contributed by atoms with E-state index in [0.29, 0.717) is 23.5 Å². The summed E-state index contributed by atoms with van der Waals surface area (Å²) >= 11 is 0. The molecule has 0 amide bonds. The number of aliphatic carboxylic acids is 1. The molecule has 2 aromatic heterocycles. The minimum absolute atomic E-state index is 0.113. The first-order valence-corrected chi connectivity index (χ1v) is 14.3. The fourth-order valence-electron chi connectivity index (χ4n) is 5.77. The lowest BCUT2D eigenvalue weighted by molar-refractivity contribution is -0.136. The van der Waals surface area contributed by atoms with Crippen LogP contribution < -0.4 is 9.64 Å². The van der Waals surface area contributed by atoms with E-state index in [1.165, 1.54) is 0 Å². The van der Waals surface area contributed by atoms with Crippen molar-refractivity contribution in [3.8, 4) is 28.1 Å². The van der Waals surface area contributed by atoms with Gasteiger partial charge in [-0.2, -0.15) is 9.61 Å². The van der Waals surface area contributed by atoms with Gasteiger partial charge in [-0.05, 0) is 63.5 Å². The molecule has 5 heterocycles. The third-order valence-corrected chi connectivity index (χ3v) is 8.15. The number of carboxylic acids is 1. The van der Waals surface area contributed by atoms with E-state index in [9.17, 15) is 9.90 Å². The molecule has 0 aliphatic carbocycles. The Morgan fingerprint density at radius 2 is 1.88 bits per heavy atom. The molecule has 2 aromatic carbocycles. The quantitative estimate of drug-likeness (QED) is 0.309. The first-order chi connectivity index (χ1) is 19.8. The van der Waals surface area contributed by atoms with Crippen LogP contribution in [0.5, 0.6) is 5.75 Å². The number of piperidine rings is 1. The van der Waals surface area contributed by atoms with Crippen LogP contribution in [0.15, 0.2) is 60.9 Å². The molecule has 1 saturated heterocycles. The number of ether oxygens (including phenoxy) is 2. The Bertz CT molecular complexity index is 1630. The lowest BCUT2D eigenvalue weighted by Crippen LogP contribution is -2.44. The van der Waals surface area contributed by atoms with Crippen LogP contribution in [0.1, 0.15) is 49.4 Å². The zero-order valence-electron chi connectivity index (χ0n) is 23.9. The van der Waals surface area contributed by atoms with Gasteiger partial charge in [-0.15, -0.1) is 0 Å².